The van der Waals surface area contributed by atoms with Crippen LogP contribution >= 0.6 is 11.6 Å². The molecule has 0 saturated heterocycles. The molecule has 1 aromatic rings. The van der Waals surface area contributed by atoms with Crippen molar-refractivity contribution in [2.75, 3.05) is 17.8 Å². The van der Waals surface area contributed by atoms with Gasteiger partial charge in [0.2, 0.25) is 11.8 Å². The van der Waals surface area contributed by atoms with Gasteiger partial charge in [-0.1, -0.05) is 0 Å². The lowest BCUT2D eigenvalue weighted by Crippen LogP contribution is -2.47. The van der Waals surface area contributed by atoms with Gasteiger partial charge in [0.25, 0.3) is 0 Å². The average molecular weight is 256 g/mol. The van der Waals surface area contributed by atoms with E-state index in [9.17, 15) is 0 Å². The van der Waals surface area contributed by atoms with Crippen LogP contribution in [0.25, 0.3) is 0 Å². The second-order valence-corrected chi connectivity index (χ2v) is 4.76. The summed E-state index contributed by atoms with van der Waals surface area (Å²) in [5, 5.41) is 3.35. The molecule has 0 aromatic carbocycles. The minimum absolute atomic E-state index is 0.0150. The Bertz CT molecular complexity index is 388. The monoisotopic (exact) mass is 255 g/mol. The van der Waals surface area contributed by atoms with Gasteiger partial charge in [0, 0.05) is 17.6 Å². The molecule has 0 radical (unpaired) electrons. The number of halogens is 1. The molecule has 1 N–H and O–H groups in total. The normalized spacial score (nSPS) is 17.4. The molecule has 2 rings (SSSR count). The van der Waals surface area contributed by atoms with Crippen LogP contribution in [0, 0.1) is 6.92 Å². The van der Waals surface area contributed by atoms with E-state index >= 15 is 0 Å². The number of nitrogens with zero attached hydrogens (tertiary/aromatic N) is 2. The molecule has 94 valence electrons. The fraction of sp³-hybridized carbons (Fsp3) is 0.667. The zero-order chi connectivity index (χ0) is 12.3. The summed E-state index contributed by atoms with van der Waals surface area (Å²) < 4.78 is 5.40. The van der Waals surface area contributed by atoms with Crippen molar-refractivity contribution in [1.29, 1.82) is 0 Å². The van der Waals surface area contributed by atoms with E-state index in [1.54, 1.807) is 0 Å². The number of aromatic nitrogens is 2. The van der Waals surface area contributed by atoms with Crippen LogP contribution in [0.3, 0.4) is 0 Å². The van der Waals surface area contributed by atoms with Crippen molar-refractivity contribution < 1.29 is 4.74 Å². The number of aryl methyl sites for hydroxylation is 1. The molecule has 5 heteroatoms. The van der Waals surface area contributed by atoms with Crippen molar-refractivity contribution in [2.45, 2.75) is 38.6 Å². The van der Waals surface area contributed by atoms with Crippen molar-refractivity contribution in [3.8, 4) is 5.88 Å². The number of nitrogens with one attached hydrogen (secondary N) is 1. The predicted molar refractivity (Wildman–Crippen MR) is 68.9 cm³/mol. The highest BCUT2D eigenvalue weighted by Gasteiger charge is 2.36. The standard InChI is InChI=1S/C12H18ClN3O/c1-3-17-10-7-9(2)14-11(15-10)16-12(8-13)5-4-6-12/h7H,3-6,8H2,1-2H3,(H,14,15,16). The van der Waals surface area contributed by atoms with Crippen LogP contribution in [0.1, 0.15) is 31.9 Å². The van der Waals surface area contributed by atoms with Gasteiger partial charge in [-0.3, -0.25) is 0 Å². The first-order valence-electron chi connectivity index (χ1n) is 6.00. The smallest absolute Gasteiger partial charge is 0.226 e. The van der Waals surface area contributed by atoms with Gasteiger partial charge < -0.3 is 10.1 Å². The molecule has 0 atom stereocenters. The molecule has 0 amide bonds. The van der Waals surface area contributed by atoms with Crippen molar-refractivity contribution in [3.05, 3.63) is 11.8 Å². The van der Waals surface area contributed by atoms with Crippen molar-refractivity contribution in [3.63, 3.8) is 0 Å². The van der Waals surface area contributed by atoms with Gasteiger partial charge in [-0.05, 0) is 33.1 Å². The minimum Gasteiger partial charge on any atom is -0.478 e. The van der Waals surface area contributed by atoms with Crippen LogP contribution in [0.15, 0.2) is 6.07 Å². The average Bonchev–Trinajstić information content (AvgIpc) is 2.23. The van der Waals surface area contributed by atoms with E-state index in [0.29, 0.717) is 24.3 Å². The predicted octanol–water partition coefficient (Wildman–Crippen LogP) is 2.76. The van der Waals surface area contributed by atoms with E-state index in [1.165, 1.54) is 6.42 Å². The molecule has 0 spiro atoms. The summed E-state index contributed by atoms with van der Waals surface area (Å²) in [5.41, 5.74) is 0.883. The van der Waals surface area contributed by atoms with Crippen LogP contribution in [-0.2, 0) is 0 Å². The van der Waals surface area contributed by atoms with E-state index in [4.69, 9.17) is 16.3 Å². The van der Waals surface area contributed by atoms with Gasteiger partial charge in [0.1, 0.15) is 0 Å². The molecule has 1 fully saturated rings. The summed E-state index contributed by atoms with van der Waals surface area (Å²) in [5.74, 6) is 1.83. The van der Waals surface area contributed by atoms with Gasteiger partial charge in [-0.15, -0.1) is 11.6 Å². The molecule has 4 nitrogen and oxygen atoms in total. The molecule has 1 aliphatic carbocycles. The first-order chi connectivity index (χ1) is 8.17. The van der Waals surface area contributed by atoms with Crippen LogP contribution in [0.5, 0.6) is 5.88 Å². The van der Waals surface area contributed by atoms with Gasteiger partial charge >= 0.3 is 0 Å². The molecule has 1 heterocycles. The molecule has 17 heavy (non-hydrogen) atoms. The Hall–Kier alpha value is -1.03. The Morgan fingerprint density at radius 1 is 1.47 bits per heavy atom. The third-order valence-electron chi connectivity index (χ3n) is 3.07. The topological polar surface area (TPSA) is 47.0 Å². The summed E-state index contributed by atoms with van der Waals surface area (Å²) in [6.45, 7) is 4.48. The maximum absolute atomic E-state index is 6.00. The Labute approximate surface area is 107 Å². The molecule has 0 unspecified atom stereocenters. The first kappa shape index (κ1) is 12.4. The maximum atomic E-state index is 6.00. The zero-order valence-electron chi connectivity index (χ0n) is 10.3. The Morgan fingerprint density at radius 2 is 2.24 bits per heavy atom. The minimum atomic E-state index is -0.0150. The summed E-state index contributed by atoms with van der Waals surface area (Å²) in [4.78, 5) is 8.71. The largest absolute Gasteiger partial charge is 0.478 e. The van der Waals surface area contributed by atoms with Crippen LogP contribution < -0.4 is 10.1 Å². The summed E-state index contributed by atoms with van der Waals surface area (Å²) in [6.07, 6.45) is 3.37. The van der Waals surface area contributed by atoms with E-state index in [1.807, 2.05) is 19.9 Å². The van der Waals surface area contributed by atoms with Crippen LogP contribution in [0.2, 0.25) is 0 Å². The SMILES string of the molecule is CCOc1cc(C)nc(NC2(CCl)CCC2)n1. The summed E-state index contributed by atoms with van der Waals surface area (Å²) >= 11 is 6.00. The molecular weight excluding hydrogens is 238 g/mol. The summed E-state index contributed by atoms with van der Waals surface area (Å²) in [6, 6.07) is 1.84. The van der Waals surface area contributed by atoms with E-state index in [0.717, 1.165) is 18.5 Å². The Kier molecular flexibility index (Phi) is 3.72. The third kappa shape index (κ3) is 2.80. The van der Waals surface area contributed by atoms with Crippen LogP contribution in [0.4, 0.5) is 5.95 Å². The highest BCUT2D eigenvalue weighted by molar-refractivity contribution is 6.18. The van der Waals surface area contributed by atoms with Gasteiger partial charge in [0.15, 0.2) is 0 Å². The van der Waals surface area contributed by atoms with Crippen molar-refractivity contribution in [1.82, 2.24) is 9.97 Å². The molecule has 1 saturated carbocycles. The number of ether oxygens (including phenoxy) is 1. The molecule has 1 aliphatic rings. The molecule has 0 bridgehead atoms. The van der Waals surface area contributed by atoms with Gasteiger partial charge in [0.05, 0.1) is 12.1 Å². The highest BCUT2D eigenvalue weighted by atomic mass is 35.5. The number of hydrogen-bond donors (Lipinski definition) is 1. The number of alkyl halides is 1. The van der Waals surface area contributed by atoms with E-state index in [-0.39, 0.29) is 5.54 Å². The zero-order valence-corrected chi connectivity index (χ0v) is 11.0. The number of anilines is 1. The first-order valence-corrected chi connectivity index (χ1v) is 6.53. The summed E-state index contributed by atoms with van der Waals surface area (Å²) in [7, 11) is 0. The lowest BCUT2D eigenvalue weighted by molar-refractivity contribution is 0.305. The lowest BCUT2D eigenvalue weighted by atomic mass is 9.78. The molecular formula is C12H18ClN3O. The highest BCUT2D eigenvalue weighted by Crippen LogP contribution is 2.35. The number of hydrogen-bond acceptors (Lipinski definition) is 4. The van der Waals surface area contributed by atoms with Crippen LogP contribution in [-0.4, -0.2) is 28.0 Å². The third-order valence-corrected chi connectivity index (χ3v) is 3.58. The van der Waals surface area contributed by atoms with Crippen molar-refractivity contribution in [2.24, 2.45) is 0 Å². The van der Waals surface area contributed by atoms with E-state index in [2.05, 4.69) is 15.3 Å². The lowest BCUT2D eigenvalue weighted by Gasteiger charge is -2.41. The fourth-order valence-corrected chi connectivity index (χ4v) is 2.28. The van der Waals surface area contributed by atoms with Gasteiger partial charge in [-0.2, -0.15) is 4.98 Å². The Morgan fingerprint density at radius 3 is 2.76 bits per heavy atom. The Balaban J connectivity index is 2.14. The second-order valence-electron chi connectivity index (χ2n) is 4.50. The maximum Gasteiger partial charge on any atom is 0.226 e. The van der Waals surface area contributed by atoms with Gasteiger partial charge in [-0.25, -0.2) is 4.98 Å². The molecule has 1 aromatic heterocycles. The second kappa shape index (κ2) is 5.08. The number of rotatable bonds is 5. The van der Waals surface area contributed by atoms with E-state index < -0.39 is 0 Å². The quantitative estimate of drug-likeness (QED) is 0.822. The molecule has 0 aliphatic heterocycles. The fourth-order valence-electron chi connectivity index (χ4n) is 1.95. The van der Waals surface area contributed by atoms with Crippen molar-refractivity contribution >= 4 is 17.5 Å².